The van der Waals surface area contributed by atoms with Crippen LogP contribution < -0.4 is 5.32 Å². The van der Waals surface area contributed by atoms with Crippen molar-refractivity contribution in [1.29, 1.82) is 0 Å². The summed E-state index contributed by atoms with van der Waals surface area (Å²) in [7, 11) is 0. The van der Waals surface area contributed by atoms with Crippen LogP contribution in [0, 0.1) is 0 Å². The Bertz CT molecular complexity index is 804. The van der Waals surface area contributed by atoms with Gasteiger partial charge in [0.05, 0.1) is 25.1 Å². The van der Waals surface area contributed by atoms with Crippen molar-refractivity contribution >= 4 is 11.9 Å². The second kappa shape index (κ2) is 9.84. The number of carbonyl (C=O) groups is 1. The highest BCUT2D eigenvalue weighted by Gasteiger charge is 2.27. The third-order valence-corrected chi connectivity index (χ3v) is 5.80. The van der Waals surface area contributed by atoms with E-state index in [-0.39, 0.29) is 11.9 Å². The van der Waals surface area contributed by atoms with Gasteiger partial charge in [-0.05, 0) is 57.1 Å². The minimum absolute atomic E-state index is 0.0477. The van der Waals surface area contributed by atoms with Crippen LogP contribution in [0.15, 0.2) is 50.6 Å². The maximum Gasteiger partial charge on any atom is 0.289 e. The van der Waals surface area contributed by atoms with Crippen molar-refractivity contribution in [3.05, 3.63) is 48.3 Å². The molecule has 30 heavy (non-hydrogen) atoms. The molecule has 4 heterocycles. The molecule has 2 fully saturated rings. The first kappa shape index (κ1) is 20.5. The highest BCUT2D eigenvalue weighted by Crippen LogP contribution is 2.26. The van der Waals surface area contributed by atoms with Gasteiger partial charge in [-0.25, -0.2) is 0 Å². The largest absolute Gasteiger partial charge is 0.468 e. The number of amides is 1. The molecule has 8 nitrogen and oxygen atoms in total. The fraction of sp³-hybridized carbons (Fsp3) is 0.545. The van der Waals surface area contributed by atoms with E-state index in [1.165, 1.54) is 19.1 Å². The minimum atomic E-state index is -0.0477. The summed E-state index contributed by atoms with van der Waals surface area (Å²) in [5.74, 6) is 2.23. The van der Waals surface area contributed by atoms with Gasteiger partial charge in [-0.2, -0.15) is 0 Å². The lowest BCUT2D eigenvalue weighted by molar-refractivity contribution is 0.0657. The van der Waals surface area contributed by atoms with E-state index in [0.29, 0.717) is 25.4 Å². The van der Waals surface area contributed by atoms with E-state index in [9.17, 15) is 4.79 Å². The Morgan fingerprint density at radius 3 is 2.37 bits per heavy atom. The van der Waals surface area contributed by atoms with Crippen LogP contribution >= 0.6 is 0 Å². The predicted octanol–water partition coefficient (Wildman–Crippen LogP) is 2.43. The van der Waals surface area contributed by atoms with Crippen molar-refractivity contribution in [2.24, 2.45) is 4.99 Å². The average Bonchev–Trinajstić information content (AvgIpc) is 3.56. The van der Waals surface area contributed by atoms with Gasteiger partial charge in [0.15, 0.2) is 11.7 Å². The number of piperazine rings is 1. The van der Waals surface area contributed by atoms with E-state index in [2.05, 4.69) is 22.0 Å². The molecule has 4 rings (SSSR count). The number of aliphatic imine (C=N–C) groups is 1. The van der Waals surface area contributed by atoms with Crippen LogP contribution in [0.5, 0.6) is 0 Å². The van der Waals surface area contributed by atoms with E-state index in [1.807, 2.05) is 17.0 Å². The molecule has 0 bridgehead atoms. The topological polar surface area (TPSA) is 77.5 Å². The average molecular weight is 414 g/mol. The summed E-state index contributed by atoms with van der Waals surface area (Å²) in [6, 6.07) is 7.62. The number of rotatable bonds is 6. The quantitative estimate of drug-likeness (QED) is 0.579. The third kappa shape index (κ3) is 4.70. The number of guanidine groups is 1. The van der Waals surface area contributed by atoms with Gasteiger partial charge in [0.2, 0.25) is 0 Å². The molecule has 0 aliphatic carbocycles. The molecule has 1 atom stereocenters. The van der Waals surface area contributed by atoms with Crippen LogP contribution in [-0.2, 0) is 0 Å². The van der Waals surface area contributed by atoms with Crippen molar-refractivity contribution in [3.8, 4) is 0 Å². The minimum Gasteiger partial charge on any atom is -0.468 e. The van der Waals surface area contributed by atoms with Crippen LogP contribution in [0.4, 0.5) is 0 Å². The molecule has 1 unspecified atom stereocenters. The normalized spacial score (nSPS) is 19.3. The summed E-state index contributed by atoms with van der Waals surface area (Å²) in [6.45, 7) is 8.50. The summed E-state index contributed by atoms with van der Waals surface area (Å²) in [4.78, 5) is 24.0. The van der Waals surface area contributed by atoms with Crippen molar-refractivity contribution < 1.29 is 13.6 Å². The standard InChI is InChI=1S/C22H31N5O3/c1-2-23-22(24-17-18(19-7-5-15-29-19)25-9-3-4-10-25)27-13-11-26(12-14-27)21(28)20-8-6-16-30-20/h5-8,15-16,18H,2-4,9-14,17H2,1H3,(H,23,24). The first-order valence-corrected chi connectivity index (χ1v) is 10.9. The van der Waals surface area contributed by atoms with Crippen molar-refractivity contribution in [2.75, 3.05) is 52.4 Å². The molecule has 2 saturated heterocycles. The molecule has 0 saturated carbocycles. The highest BCUT2D eigenvalue weighted by atomic mass is 16.3. The molecule has 0 radical (unpaired) electrons. The number of likely N-dealkylation sites (tertiary alicyclic amines) is 1. The maximum absolute atomic E-state index is 12.5. The molecule has 2 aromatic heterocycles. The van der Waals surface area contributed by atoms with E-state index in [4.69, 9.17) is 13.8 Å². The summed E-state index contributed by atoms with van der Waals surface area (Å²) >= 11 is 0. The fourth-order valence-electron chi connectivity index (χ4n) is 4.20. The van der Waals surface area contributed by atoms with Crippen molar-refractivity contribution in [1.82, 2.24) is 20.0 Å². The fourth-order valence-corrected chi connectivity index (χ4v) is 4.20. The summed E-state index contributed by atoms with van der Waals surface area (Å²) in [5.41, 5.74) is 0. The van der Waals surface area contributed by atoms with Crippen LogP contribution in [0.3, 0.4) is 0 Å². The van der Waals surface area contributed by atoms with Gasteiger partial charge in [-0.3, -0.25) is 14.7 Å². The van der Waals surface area contributed by atoms with E-state index in [1.54, 1.807) is 18.4 Å². The molecule has 2 aliphatic heterocycles. The lowest BCUT2D eigenvalue weighted by Crippen LogP contribution is -2.53. The van der Waals surface area contributed by atoms with Gasteiger partial charge in [0, 0.05) is 32.7 Å². The van der Waals surface area contributed by atoms with E-state index in [0.717, 1.165) is 44.4 Å². The van der Waals surface area contributed by atoms with E-state index >= 15 is 0 Å². The number of nitrogens with zero attached hydrogens (tertiary/aromatic N) is 4. The van der Waals surface area contributed by atoms with Gasteiger partial charge < -0.3 is 24.0 Å². The second-order valence-electron chi connectivity index (χ2n) is 7.73. The summed E-state index contributed by atoms with van der Waals surface area (Å²) < 4.78 is 11.0. The number of carbonyl (C=O) groups excluding carboxylic acids is 1. The SMILES string of the molecule is CCNC(=NCC(c1ccco1)N1CCCC1)N1CCN(C(=O)c2ccco2)CC1. The van der Waals surface area contributed by atoms with Crippen molar-refractivity contribution in [3.63, 3.8) is 0 Å². The van der Waals surface area contributed by atoms with Crippen LogP contribution in [-0.4, -0.2) is 78.9 Å². The molecule has 8 heteroatoms. The Morgan fingerprint density at radius 2 is 1.73 bits per heavy atom. The molecule has 0 spiro atoms. The Labute approximate surface area is 177 Å². The van der Waals surface area contributed by atoms with Crippen LogP contribution in [0.2, 0.25) is 0 Å². The van der Waals surface area contributed by atoms with Gasteiger partial charge in [0.1, 0.15) is 5.76 Å². The molecule has 1 amide bonds. The first-order chi connectivity index (χ1) is 14.8. The number of nitrogens with one attached hydrogen (secondary N) is 1. The third-order valence-electron chi connectivity index (χ3n) is 5.80. The smallest absolute Gasteiger partial charge is 0.289 e. The molecule has 2 aromatic rings. The number of hydrogen-bond donors (Lipinski definition) is 1. The van der Waals surface area contributed by atoms with E-state index < -0.39 is 0 Å². The number of hydrogen-bond acceptors (Lipinski definition) is 5. The molecule has 162 valence electrons. The van der Waals surface area contributed by atoms with Gasteiger partial charge in [-0.1, -0.05) is 0 Å². The van der Waals surface area contributed by atoms with Gasteiger partial charge >= 0.3 is 0 Å². The van der Waals surface area contributed by atoms with Crippen LogP contribution in [0.25, 0.3) is 0 Å². The zero-order valence-electron chi connectivity index (χ0n) is 17.6. The Hall–Kier alpha value is -2.74. The highest BCUT2D eigenvalue weighted by molar-refractivity contribution is 5.91. The molecule has 1 N–H and O–H groups in total. The Morgan fingerprint density at radius 1 is 1.03 bits per heavy atom. The summed E-state index contributed by atoms with van der Waals surface area (Å²) in [6.07, 6.45) is 5.73. The summed E-state index contributed by atoms with van der Waals surface area (Å²) in [5, 5.41) is 3.42. The second-order valence-corrected chi connectivity index (χ2v) is 7.73. The predicted molar refractivity (Wildman–Crippen MR) is 114 cm³/mol. The lowest BCUT2D eigenvalue weighted by atomic mass is 10.2. The van der Waals surface area contributed by atoms with Gasteiger partial charge in [-0.15, -0.1) is 0 Å². The van der Waals surface area contributed by atoms with Crippen LogP contribution in [0.1, 0.15) is 42.1 Å². The van der Waals surface area contributed by atoms with Gasteiger partial charge in [0.25, 0.3) is 5.91 Å². The lowest BCUT2D eigenvalue weighted by Gasteiger charge is -2.36. The molecule has 0 aromatic carbocycles. The molecular formula is C22H31N5O3. The maximum atomic E-state index is 12.5. The Balaban J connectivity index is 1.40. The zero-order valence-corrected chi connectivity index (χ0v) is 17.6. The molecule has 2 aliphatic rings. The monoisotopic (exact) mass is 413 g/mol. The molecular weight excluding hydrogens is 382 g/mol. The van der Waals surface area contributed by atoms with Crippen molar-refractivity contribution in [2.45, 2.75) is 25.8 Å². The Kier molecular flexibility index (Phi) is 6.74. The number of furan rings is 2. The zero-order chi connectivity index (χ0) is 20.8. The first-order valence-electron chi connectivity index (χ1n) is 10.9.